The highest BCUT2D eigenvalue weighted by atomic mass is 19.1. The Labute approximate surface area is 174 Å². The van der Waals surface area contributed by atoms with Crippen LogP contribution in [0.1, 0.15) is 12.0 Å². The first-order chi connectivity index (χ1) is 14.6. The molecule has 0 aliphatic carbocycles. The van der Waals surface area contributed by atoms with E-state index in [0.717, 1.165) is 5.56 Å². The van der Waals surface area contributed by atoms with E-state index in [1.165, 1.54) is 17.0 Å². The first-order valence-electron chi connectivity index (χ1n) is 9.72. The van der Waals surface area contributed by atoms with Crippen LogP contribution in [0.3, 0.4) is 0 Å². The minimum Gasteiger partial charge on any atom is -0.489 e. The zero-order valence-electron chi connectivity index (χ0n) is 16.3. The molecule has 1 aliphatic rings. The van der Waals surface area contributed by atoms with Crippen LogP contribution < -0.4 is 15.0 Å². The Hall–Kier alpha value is -3.67. The lowest BCUT2D eigenvalue weighted by Crippen LogP contribution is -2.28. The van der Waals surface area contributed by atoms with Gasteiger partial charge in [-0.05, 0) is 54.1 Å². The van der Waals surface area contributed by atoms with Gasteiger partial charge in [0.1, 0.15) is 18.2 Å². The molecule has 0 saturated carbocycles. The number of halogens is 1. The van der Waals surface area contributed by atoms with E-state index in [1.807, 2.05) is 30.3 Å². The van der Waals surface area contributed by atoms with Crippen LogP contribution in [0.2, 0.25) is 0 Å². The molecular formula is C24H21FN2O3. The van der Waals surface area contributed by atoms with Crippen LogP contribution in [0.15, 0.2) is 78.9 Å². The topological polar surface area (TPSA) is 58.6 Å². The second-order valence-corrected chi connectivity index (χ2v) is 7.17. The van der Waals surface area contributed by atoms with Crippen LogP contribution in [0, 0.1) is 11.7 Å². The van der Waals surface area contributed by atoms with Crippen molar-refractivity contribution in [1.82, 2.24) is 0 Å². The number of rotatable bonds is 6. The maximum Gasteiger partial charge on any atom is 0.229 e. The molecule has 1 atom stereocenters. The monoisotopic (exact) mass is 404 g/mol. The molecule has 3 aromatic carbocycles. The van der Waals surface area contributed by atoms with Crippen LogP contribution in [0.25, 0.3) is 0 Å². The predicted molar refractivity (Wildman–Crippen MR) is 113 cm³/mol. The van der Waals surface area contributed by atoms with Crippen molar-refractivity contribution in [2.75, 3.05) is 16.8 Å². The summed E-state index contributed by atoms with van der Waals surface area (Å²) in [5.41, 5.74) is 2.31. The average Bonchev–Trinajstić information content (AvgIpc) is 3.16. The van der Waals surface area contributed by atoms with Gasteiger partial charge in [-0.1, -0.05) is 30.3 Å². The number of amides is 2. The third-order valence-electron chi connectivity index (χ3n) is 5.00. The SMILES string of the molecule is O=C(Nc1ccc(OCc2ccccc2)cc1)[C@@H]1CC(=O)N(c2ccc(F)cc2)C1. The van der Waals surface area contributed by atoms with Crippen molar-refractivity contribution in [3.05, 3.63) is 90.2 Å². The van der Waals surface area contributed by atoms with Gasteiger partial charge in [-0.3, -0.25) is 9.59 Å². The molecule has 0 unspecified atom stereocenters. The Kier molecular flexibility index (Phi) is 5.75. The Balaban J connectivity index is 1.32. The second-order valence-electron chi connectivity index (χ2n) is 7.17. The number of carbonyl (C=O) groups excluding carboxylic acids is 2. The summed E-state index contributed by atoms with van der Waals surface area (Å²) in [5.74, 6) is -0.486. The van der Waals surface area contributed by atoms with Gasteiger partial charge in [-0.2, -0.15) is 0 Å². The molecule has 0 spiro atoms. The lowest BCUT2D eigenvalue weighted by molar-refractivity contribution is -0.122. The quantitative estimate of drug-likeness (QED) is 0.663. The molecule has 1 aliphatic heterocycles. The number of benzene rings is 3. The first-order valence-corrected chi connectivity index (χ1v) is 9.72. The van der Waals surface area contributed by atoms with E-state index in [0.29, 0.717) is 23.7 Å². The molecule has 1 fully saturated rings. The van der Waals surface area contributed by atoms with E-state index >= 15 is 0 Å². The van der Waals surface area contributed by atoms with Gasteiger partial charge in [0.05, 0.1) is 5.92 Å². The number of hydrogen-bond donors (Lipinski definition) is 1. The fourth-order valence-electron chi connectivity index (χ4n) is 3.37. The molecule has 30 heavy (non-hydrogen) atoms. The molecule has 6 heteroatoms. The molecule has 0 aromatic heterocycles. The molecule has 1 heterocycles. The summed E-state index contributed by atoms with van der Waals surface area (Å²) < 4.78 is 18.9. The highest BCUT2D eigenvalue weighted by Gasteiger charge is 2.35. The summed E-state index contributed by atoms with van der Waals surface area (Å²) in [6.45, 7) is 0.741. The smallest absolute Gasteiger partial charge is 0.229 e. The molecular weight excluding hydrogens is 383 g/mol. The zero-order chi connectivity index (χ0) is 20.9. The van der Waals surface area contributed by atoms with E-state index in [9.17, 15) is 14.0 Å². The van der Waals surface area contributed by atoms with Gasteiger partial charge in [0.15, 0.2) is 0 Å². The number of carbonyl (C=O) groups is 2. The number of anilines is 2. The van der Waals surface area contributed by atoms with Crippen LogP contribution >= 0.6 is 0 Å². The average molecular weight is 404 g/mol. The van der Waals surface area contributed by atoms with Crippen molar-refractivity contribution in [1.29, 1.82) is 0 Å². The predicted octanol–water partition coefficient (Wildman–Crippen LogP) is 4.40. The summed E-state index contributed by atoms with van der Waals surface area (Å²) in [6.07, 6.45) is 0.126. The van der Waals surface area contributed by atoms with E-state index < -0.39 is 5.92 Å². The third-order valence-corrected chi connectivity index (χ3v) is 5.00. The standard InChI is InChI=1S/C24H21FN2O3/c25-19-6-10-21(11-7-19)27-15-18(14-23(27)28)24(29)26-20-8-12-22(13-9-20)30-16-17-4-2-1-3-5-17/h1-13,18H,14-16H2,(H,26,29)/t18-/m1/s1. The second kappa shape index (κ2) is 8.78. The zero-order valence-corrected chi connectivity index (χ0v) is 16.3. The normalized spacial score (nSPS) is 15.8. The van der Waals surface area contributed by atoms with Gasteiger partial charge >= 0.3 is 0 Å². The van der Waals surface area contributed by atoms with E-state index in [4.69, 9.17) is 4.74 Å². The molecule has 2 amide bonds. The Morgan fingerprint density at radius 3 is 2.40 bits per heavy atom. The summed E-state index contributed by atoms with van der Waals surface area (Å²) in [4.78, 5) is 26.4. The van der Waals surface area contributed by atoms with Gasteiger partial charge in [-0.15, -0.1) is 0 Å². The first kappa shape index (κ1) is 19.6. The Morgan fingerprint density at radius 2 is 1.70 bits per heavy atom. The van der Waals surface area contributed by atoms with E-state index in [2.05, 4.69) is 5.32 Å². The van der Waals surface area contributed by atoms with Gasteiger partial charge < -0.3 is 15.0 Å². The number of nitrogens with zero attached hydrogens (tertiary/aromatic N) is 1. The largest absolute Gasteiger partial charge is 0.489 e. The van der Waals surface area contributed by atoms with E-state index in [-0.39, 0.29) is 30.6 Å². The lowest BCUT2D eigenvalue weighted by atomic mass is 10.1. The van der Waals surface area contributed by atoms with Crippen molar-refractivity contribution in [3.8, 4) is 5.75 Å². The number of nitrogens with one attached hydrogen (secondary N) is 1. The summed E-state index contributed by atoms with van der Waals surface area (Å²) in [7, 11) is 0. The highest BCUT2D eigenvalue weighted by molar-refractivity contribution is 6.03. The van der Waals surface area contributed by atoms with Crippen molar-refractivity contribution >= 4 is 23.2 Å². The van der Waals surface area contributed by atoms with Crippen molar-refractivity contribution in [3.63, 3.8) is 0 Å². The fraction of sp³-hybridized carbons (Fsp3) is 0.167. The highest BCUT2D eigenvalue weighted by Crippen LogP contribution is 2.26. The van der Waals surface area contributed by atoms with Gasteiger partial charge in [0.25, 0.3) is 0 Å². The van der Waals surface area contributed by atoms with Gasteiger partial charge in [-0.25, -0.2) is 4.39 Å². The van der Waals surface area contributed by atoms with Crippen molar-refractivity contribution in [2.24, 2.45) is 5.92 Å². The summed E-state index contributed by atoms with van der Waals surface area (Å²) in [5, 5.41) is 2.85. The minimum atomic E-state index is -0.462. The van der Waals surface area contributed by atoms with Crippen LogP contribution in [-0.4, -0.2) is 18.4 Å². The summed E-state index contributed by atoms with van der Waals surface area (Å²) in [6, 6.07) is 22.7. The van der Waals surface area contributed by atoms with Crippen LogP contribution in [0.5, 0.6) is 5.75 Å². The van der Waals surface area contributed by atoms with Crippen LogP contribution in [-0.2, 0) is 16.2 Å². The maximum atomic E-state index is 13.1. The lowest BCUT2D eigenvalue weighted by Gasteiger charge is -2.16. The van der Waals surface area contributed by atoms with Crippen LogP contribution in [0.4, 0.5) is 15.8 Å². The molecule has 3 aromatic rings. The third kappa shape index (κ3) is 4.66. The number of hydrogen-bond acceptors (Lipinski definition) is 3. The van der Waals surface area contributed by atoms with Gasteiger partial charge in [0.2, 0.25) is 11.8 Å². The molecule has 1 saturated heterocycles. The number of ether oxygens (including phenoxy) is 1. The molecule has 4 rings (SSSR count). The fourth-order valence-corrected chi connectivity index (χ4v) is 3.37. The minimum absolute atomic E-state index is 0.126. The maximum absolute atomic E-state index is 13.1. The molecule has 1 N–H and O–H groups in total. The van der Waals surface area contributed by atoms with Crippen molar-refractivity contribution < 1.29 is 18.7 Å². The Morgan fingerprint density at radius 1 is 1.00 bits per heavy atom. The molecule has 0 bridgehead atoms. The molecule has 152 valence electrons. The summed E-state index contributed by atoms with van der Waals surface area (Å²) >= 11 is 0. The Bertz CT molecular complexity index is 1020. The van der Waals surface area contributed by atoms with Crippen molar-refractivity contribution in [2.45, 2.75) is 13.0 Å². The van der Waals surface area contributed by atoms with E-state index in [1.54, 1.807) is 36.4 Å². The van der Waals surface area contributed by atoms with Gasteiger partial charge in [0, 0.05) is 24.3 Å². The molecule has 0 radical (unpaired) electrons. The molecule has 5 nitrogen and oxygen atoms in total.